The van der Waals surface area contributed by atoms with Crippen molar-refractivity contribution in [3.05, 3.63) is 25.0 Å². The second-order valence-corrected chi connectivity index (χ2v) is 7.95. The summed E-state index contributed by atoms with van der Waals surface area (Å²) in [4.78, 5) is 11.1. The highest BCUT2D eigenvalue weighted by Gasteiger charge is 2.20. The Morgan fingerprint density at radius 1 is 1.46 bits per heavy atom. The molecule has 0 bridgehead atoms. The Labute approximate surface area is 80.2 Å². The smallest absolute Gasteiger partial charge is 0.371 e. The molecule has 0 aromatic carbocycles. The van der Waals surface area contributed by atoms with E-state index in [1.54, 1.807) is 0 Å². The van der Waals surface area contributed by atoms with Crippen LogP contribution in [-0.2, 0) is 14.0 Å². The molecule has 0 saturated carbocycles. The molecule has 0 aliphatic rings. The molecule has 0 heterocycles. The maximum atomic E-state index is 11.1. The van der Waals surface area contributed by atoms with Crippen molar-refractivity contribution in [2.45, 2.75) is 19.6 Å². The maximum absolute atomic E-state index is 11.1. The van der Waals surface area contributed by atoms with Crippen molar-refractivity contribution in [3.8, 4) is 0 Å². The van der Waals surface area contributed by atoms with E-state index in [1.807, 2.05) is 19.6 Å². The highest BCUT2D eigenvalue weighted by molar-refractivity contribution is 6.70. The number of hydrogen-bond donors (Lipinski definition) is 0. The van der Waals surface area contributed by atoms with E-state index in [2.05, 4.69) is 13.2 Å². The second-order valence-electron chi connectivity index (χ2n) is 3.52. The van der Waals surface area contributed by atoms with Crippen LogP contribution in [0.4, 0.5) is 0 Å². The Morgan fingerprint density at radius 2 is 2.00 bits per heavy atom. The van der Waals surface area contributed by atoms with Crippen molar-refractivity contribution >= 4 is 14.3 Å². The number of hydrogen-bond acceptors (Lipinski definition) is 3. The van der Waals surface area contributed by atoms with Gasteiger partial charge in [-0.3, -0.25) is 0 Å². The molecule has 0 spiro atoms. The largest absolute Gasteiger partial charge is 0.540 e. The minimum atomic E-state index is -1.75. The first-order chi connectivity index (χ1) is 5.87. The molecule has 0 unspecified atom stereocenters. The van der Waals surface area contributed by atoms with E-state index in [-0.39, 0.29) is 12.4 Å². The molecular weight excluding hydrogens is 184 g/mol. The van der Waals surface area contributed by atoms with E-state index in [0.29, 0.717) is 0 Å². The van der Waals surface area contributed by atoms with Gasteiger partial charge < -0.3 is 9.16 Å². The summed E-state index contributed by atoms with van der Waals surface area (Å²) in [6.45, 7) is 13.0. The van der Waals surface area contributed by atoms with E-state index in [4.69, 9.17) is 9.16 Å². The fourth-order valence-corrected chi connectivity index (χ4v) is 1.45. The first-order valence-corrected chi connectivity index (χ1v) is 7.43. The Morgan fingerprint density at radius 3 is 2.38 bits per heavy atom. The Kier molecular flexibility index (Phi) is 4.48. The SMILES string of the molecule is C=CCOC(=O)C(=C)O[Si](C)(C)C. The summed E-state index contributed by atoms with van der Waals surface area (Å²) in [6.07, 6.45) is 1.50. The van der Waals surface area contributed by atoms with Crippen LogP contribution in [0.5, 0.6) is 0 Å². The minimum Gasteiger partial charge on any atom is -0.540 e. The van der Waals surface area contributed by atoms with Crippen molar-refractivity contribution < 1.29 is 14.0 Å². The molecular formula is C9H16O3Si. The lowest BCUT2D eigenvalue weighted by atomic mass is 10.6. The zero-order valence-electron chi connectivity index (χ0n) is 8.42. The van der Waals surface area contributed by atoms with Gasteiger partial charge in [0.25, 0.3) is 0 Å². The van der Waals surface area contributed by atoms with E-state index in [0.717, 1.165) is 0 Å². The third-order valence-corrected chi connectivity index (χ3v) is 1.85. The predicted octanol–water partition coefficient (Wildman–Crippen LogP) is 2.08. The first kappa shape index (κ1) is 12.0. The lowest BCUT2D eigenvalue weighted by Gasteiger charge is -2.19. The highest BCUT2D eigenvalue weighted by Crippen LogP contribution is 2.09. The van der Waals surface area contributed by atoms with Gasteiger partial charge in [-0.25, -0.2) is 4.79 Å². The molecule has 0 atom stereocenters. The zero-order valence-corrected chi connectivity index (χ0v) is 9.42. The standard InChI is InChI=1S/C9H16O3Si/c1-6-7-11-9(10)8(2)12-13(3,4)5/h6H,1-2,7H2,3-5H3. The zero-order chi connectivity index (χ0) is 10.5. The van der Waals surface area contributed by atoms with Crippen LogP contribution in [0.1, 0.15) is 0 Å². The summed E-state index contributed by atoms with van der Waals surface area (Å²) in [5.74, 6) is -0.427. The van der Waals surface area contributed by atoms with Gasteiger partial charge in [0.05, 0.1) is 0 Å². The molecule has 0 saturated heterocycles. The maximum Gasteiger partial charge on any atom is 0.371 e. The lowest BCUT2D eigenvalue weighted by molar-refractivity contribution is -0.140. The number of esters is 1. The molecule has 0 rings (SSSR count). The minimum absolute atomic E-state index is 0.0843. The van der Waals surface area contributed by atoms with Crippen molar-refractivity contribution in [3.63, 3.8) is 0 Å². The van der Waals surface area contributed by atoms with Gasteiger partial charge in [0.2, 0.25) is 8.32 Å². The van der Waals surface area contributed by atoms with Gasteiger partial charge in [-0.05, 0) is 19.6 Å². The first-order valence-electron chi connectivity index (χ1n) is 4.03. The van der Waals surface area contributed by atoms with E-state index in [1.165, 1.54) is 6.08 Å². The quantitative estimate of drug-likeness (QED) is 0.224. The van der Waals surface area contributed by atoms with E-state index < -0.39 is 14.3 Å². The molecule has 0 aromatic heterocycles. The number of rotatable bonds is 5. The summed E-state index contributed by atoms with van der Waals surface area (Å²) in [6, 6.07) is 0. The Bertz CT molecular complexity index is 215. The van der Waals surface area contributed by atoms with Gasteiger partial charge in [0, 0.05) is 0 Å². The van der Waals surface area contributed by atoms with Crippen LogP contribution < -0.4 is 0 Å². The molecule has 0 radical (unpaired) electrons. The molecule has 0 fully saturated rings. The summed E-state index contributed by atoms with van der Waals surface area (Å²) in [5.41, 5.74) is 0. The van der Waals surface area contributed by atoms with E-state index in [9.17, 15) is 4.79 Å². The number of carbonyl (C=O) groups is 1. The fraction of sp³-hybridized carbons (Fsp3) is 0.444. The predicted molar refractivity (Wildman–Crippen MR) is 54.7 cm³/mol. The van der Waals surface area contributed by atoms with Gasteiger partial charge >= 0.3 is 5.97 Å². The molecule has 74 valence electrons. The Balaban J connectivity index is 3.97. The van der Waals surface area contributed by atoms with Crippen molar-refractivity contribution in [2.75, 3.05) is 6.61 Å². The summed E-state index contributed by atoms with van der Waals surface area (Å²) < 4.78 is 10.1. The van der Waals surface area contributed by atoms with Crippen molar-refractivity contribution in [1.29, 1.82) is 0 Å². The topological polar surface area (TPSA) is 35.5 Å². The monoisotopic (exact) mass is 200 g/mol. The van der Waals surface area contributed by atoms with Gasteiger partial charge in [-0.1, -0.05) is 19.2 Å². The number of ether oxygens (including phenoxy) is 1. The van der Waals surface area contributed by atoms with Crippen LogP contribution >= 0.6 is 0 Å². The normalized spacial score (nSPS) is 10.4. The fourth-order valence-electron chi connectivity index (χ4n) is 0.626. The highest BCUT2D eigenvalue weighted by atomic mass is 28.4. The molecule has 4 heteroatoms. The van der Waals surface area contributed by atoms with Crippen LogP contribution in [0.25, 0.3) is 0 Å². The third kappa shape index (κ3) is 6.16. The molecule has 0 aliphatic heterocycles. The molecule has 13 heavy (non-hydrogen) atoms. The third-order valence-electron chi connectivity index (χ3n) is 0.989. The Hall–Kier alpha value is -1.03. The second kappa shape index (κ2) is 4.86. The lowest BCUT2D eigenvalue weighted by Crippen LogP contribution is -2.27. The van der Waals surface area contributed by atoms with Crippen LogP contribution in [0.3, 0.4) is 0 Å². The van der Waals surface area contributed by atoms with Gasteiger partial charge in [0.1, 0.15) is 6.61 Å². The van der Waals surface area contributed by atoms with E-state index >= 15 is 0 Å². The number of carbonyl (C=O) groups excluding carboxylic acids is 1. The van der Waals surface area contributed by atoms with Crippen molar-refractivity contribution in [2.24, 2.45) is 0 Å². The molecule has 0 aromatic rings. The summed E-state index contributed by atoms with van der Waals surface area (Å²) in [5, 5.41) is 0. The summed E-state index contributed by atoms with van der Waals surface area (Å²) in [7, 11) is -1.75. The average Bonchev–Trinajstić information content (AvgIpc) is 1.96. The van der Waals surface area contributed by atoms with Gasteiger partial charge in [0.15, 0.2) is 5.76 Å². The van der Waals surface area contributed by atoms with Crippen LogP contribution in [0.2, 0.25) is 19.6 Å². The van der Waals surface area contributed by atoms with Crippen LogP contribution in [0.15, 0.2) is 25.0 Å². The van der Waals surface area contributed by atoms with Crippen LogP contribution in [0, 0.1) is 0 Å². The van der Waals surface area contributed by atoms with Gasteiger partial charge in [-0.2, -0.15) is 0 Å². The molecule has 0 amide bonds. The molecule has 0 aliphatic carbocycles. The van der Waals surface area contributed by atoms with Gasteiger partial charge in [-0.15, -0.1) is 0 Å². The molecule has 3 nitrogen and oxygen atoms in total. The molecule has 0 N–H and O–H groups in total. The summed E-state index contributed by atoms with van der Waals surface area (Å²) >= 11 is 0. The van der Waals surface area contributed by atoms with Crippen molar-refractivity contribution in [1.82, 2.24) is 0 Å². The van der Waals surface area contributed by atoms with Crippen LogP contribution in [-0.4, -0.2) is 20.9 Å². The average molecular weight is 200 g/mol.